The molecule has 0 fully saturated rings. The molecule has 0 saturated heterocycles. The van der Waals surface area contributed by atoms with E-state index in [1.54, 1.807) is 6.07 Å². The third-order valence-corrected chi connectivity index (χ3v) is 3.93. The van der Waals surface area contributed by atoms with Gasteiger partial charge in [0.05, 0.1) is 16.7 Å². The van der Waals surface area contributed by atoms with E-state index in [1.807, 2.05) is 0 Å². The first-order valence-corrected chi connectivity index (χ1v) is 6.55. The second-order valence-electron chi connectivity index (χ2n) is 3.34. The Balaban J connectivity index is 3.12. The molecule has 96 valence electrons. The molecule has 1 aromatic rings. The van der Waals surface area contributed by atoms with Gasteiger partial charge in [0.1, 0.15) is 5.02 Å². The molecule has 0 radical (unpaired) electrons. The third kappa shape index (κ3) is 3.09. The monoisotopic (exact) mass is 289 g/mol. The highest BCUT2D eigenvalue weighted by atomic mass is 35.5. The maximum Gasteiger partial charge on any atom is 0.289 e. The van der Waals surface area contributed by atoms with E-state index in [-0.39, 0.29) is 10.7 Å². The Morgan fingerprint density at radius 3 is 2.67 bits per heavy atom. The van der Waals surface area contributed by atoms with E-state index in [0.29, 0.717) is 0 Å². The number of nitrogens with one attached hydrogen (secondary N) is 1. The molecule has 0 heterocycles. The van der Waals surface area contributed by atoms with Crippen molar-refractivity contribution in [2.45, 2.75) is 12.2 Å². The van der Waals surface area contributed by atoms with Crippen LogP contribution in [0, 0.1) is 21.4 Å². The summed E-state index contributed by atoms with van der Waals surface area (Å²) < 4.78 is 25.2. The van der Waals surface area contributed by atoms with Crippen molar-refractivity contribution in [3.8, 4) is 6.07 Å². The normalized spacial score (nSPS) is 12.5. The van der Waals surface area contributed by atoms with E-state index < -0.39 is 25.9 Å². The second kappa shape index (κ2) is 5.20. The van der Waals surface area contributed by atoms with E-state index in [2.05, 4.69) is 4.72 Å². The summed E-state index contributed by atoms with van der Waals surface area (Å²) in [6.45, 7) is 1.20. The lowest BCUT2D eigenvalue weighted by atomic mass is 10.3. The first-order valence-electron chi connectivity index (χ1n) is 4.63. The highest BCUT2D eigenvalue weighted by molar-refractivity contribution is 7.93. The van der Waals surface area contributed by atoms with Gasteiger partial charge in [-0.25, -0.2) is 8.42 Å². The van der Waals surface area contributed by atoms with Gasteiger partial charge in [-0.2, -0.15) is 5.26 Å². The topological polar surface area (TPSA) is 113 Å². The van der Waals surface area contributed by atoms with Crippen molar-refractivity contribution in [1.82, 2.24) is 0 Å². The molecule has 0 aromatic heterocycles. The van der Waals surface area contributed by atoms with Gasteiger partial charge in [0.2, 0.25) is 10.0 Å². The van der Waals surface area contributed by atoms with Gasteiger partial charge >= 0.3 is 0 Å². The average Bonchev–Trinajstić information content (AvgIpc) is 2.29. The number of nitro benzene ring substituents is 1. The molecule has 0 aliphatic carbocycles. The molecule has 0 bridgehead atoms. The Hall–Kier alpha value is -1.85. The number of hydrogen-bond acceptors (Lipinski definition) is 5. The lowest BCUT2D eigenvalue weighted by Gasteiger charge is -2.09. The van der Waals surface area contributed by atoms with Gasteiger partial charge in [0, 0.05) is 6.07 Å². The van der Waals surface area contributed by atoms with E-state index in [4.69, 9.17) is 16.9 Å². The minimum Gasteiger partial charge on any atom is -0.282 e. The van der Waals surface area contributed by atoms with Gasteiger partial charge in [-0.1, -0.05) is 11.6 Å². The molecular weight excluding hydrogens is 282 g/mol. The highest BCUT2D eigenvalue weighted by Crippen LogP contribution is 2.28. The number of nitriles is 1. The standard InChI is InChI=1S/C9H8ClN3O4S/c1-6(5-11)18(16,17)12-7-2-3-8(10)9(4-7)13(14)15/h2-4,6,12H,1H3. The van der Waals surface area contributed by atoms with Gasteiger partial charge in [0.25, 0.3) is 5.69 Å². The molecule has 18 heavy (non-hydrogen) atoms. The predicted molar refractivity (Wildman–Crippen MR) is 65.7 cm³/mol. The summed E-state index contributed by atoms with van der Waals surface area (Å²) in [5.74, 6) is 0. The first kappa shape index (κ1) is 14.2. The molecule has 7 nitrogen and oxygen atoms in total. The number of sulfonamides is 1. The molecule has 0 amide bonds. The predicted octanol–water partition coefficient (Wildman–Crippen LogP) is 1.90. The fraction of sp³-hybridized carbons (Fsp3) is 0.222. The quantitative estimate of drug-likeness (QED) is 0.671. The second-order valence-corrected chi connectivity index (χ2v) is 5.75. The lowest BCUT2D eigenvalue weighted by Crippen LogP contribution is -2.23. The Labute approximate surface area is 108 Å². The van der Waals surface area contributed by atoms with Crippen molar-refractivity contribution < 1.29 is 13.3 Å². The van der Waals surface area contributed by atoms with Crippen LogP contribution in [-0.4, -0.2) is 18.6 Å². The van der Waals surface area contributed by atoms with Crippen LogP contribution in [-0.2, 0) is 10.0 Å². The van der Waals surface area contributed by atoms with Crippen LogP contribution in [0.25, 0.3) is 0 Å². The van der Waals surface area contributed by atoms with Crippen LogP contribution in [0.2, 0.25) is 5.02 Å². The molecular formula is C9H8ClN3O4S. The number of halogens is 1. The molecule has 1 unspecified atom stereocenters. The number of hydrogen-bond donors (Lipinski definition) is 1. The summed E-state index contributed by atoms with van der Waals surface area (Å²) in [6, 6.07) is 5.03. The van der Waals surface area contributed by atoms with E-state index >= 15 is 0 Å². The minimum absolute atomic E-state index is 0.0202. The molecule has 1 atom stereocenters. The summed E-state index contributed by atoms with van der Waals surface area (Å²) in [7, 11) is -3.90. The largest absolute Gasteiger partial charge is 0.289 e. The summed E-state index contributed by atoms with van der Waals surface area (Å²) in [5.41, 5.74) is -0.435. The van der Waals surface area contributed by atoms with Crippen molar-refractivity contribution in [1.29, 1.82) is 5.26 Å². The highest BCUT2D eigenvalue weighted by Gasteiger charge is 2.21. The Kier molecular flexibility index (Phi) is 4.11. The fourth-order valence-electron chi connectivity index (χ4n) is 1.04. The van der Waals surface area contributed by atoms with E-state index in [1.165, 1.54) is 19.1 Å². The van der Waals surface area contributed by atoms with Crippen LogP contribution in [0.3, 0.4) is 0 Å². The zero-order valence-corrected chi connectivity index (χ0v) is 10.7. The van der Waals surface area contributed by atoms with Crippen LogP contribution >= 0.6 is 11.6 Å². The SMILES string of the molecule is CC(C#N)S(=O)(=O)Nc1ccc(Cl)c([N+](=O)[O-])c1. The smallest absolute Gasteiger partial charge is 0.282 e. The van der Waals surface area contributed by atoms with Crippen LogP contribution in [0.1, 0.15) is 6.92 Å². The summed E-state index contributed by atoms with van der Waals surface area (Å²) in [4.78, 5) is 9.89. The molecule has 0 spiro atoms. The zero-order valence-electron chi connectivity index (χ0n) is 9.12. The van der Waals surface area contributed by atoms with E-state index in [0.717, 1.165) is 6.07 Å². The lowest BCUT2D eigenvalue weighted by molar-refractivity contribution is -0.384. The number of nitrogens with zero attached hydrogens (tertiary/aromatic N) is 2. The number of rotatable bonds is 4. The van der Waals surface area contributed by atoms with E-state index in [9.17, 15) is 18.5 Å². The number of nitro groups is 1. The molecule has 9 heteroatoms. The number of anilines is 1. The first-order chi connectivity index (χ1) is 8.27. The molecule has 1 N–H and O–H groups in total. The van der Waals surface area contributed by atoms with Crippen molar-refractivity contribution in [3.05, 3.63) is 33.3 Å². The molecule has 0 aliphatic rings. The molecule has 1 rings (SSSR count). The average molecular weight is 290 g/mol. The zero-order chi connectivity index (χ0) is 13.9. The summed E-state index contributed by atoms with van der Waals surface area (Å²) >= 11 is 5.58. The Morgan fingerprint density at radius 2 is 2.17 bits per heavy atom. The van der Waals surface area contributed by atoms with Gasteiger partial charge in [-0.15, -0.1) is 0 Å². The molecule has 0 saturated carbocycles. The number of benzene rings is 1. The van der Waals surface area contributed by atoms with Crippen LogP contribution in [0.5, 0.6) is 0 Å². The maximum absolute atomic E-state index is 11.6. The van der Waals surface area contributed by atoms with Gasteiger partial charge in [0.15, 0.2) is 5.25 Å². The maximum atomic E-state index is 11.6. The Morgan fingerprint density at radius 1 is 1.56 bits per heavy atom. The molecule has 0 aliphatic heterocycles. The van der Waals surface area contributed by atoms with Crippen molar-refractivity contribution in [2.75, 3.05) is 4.72 Å². The Bertz CT molecular complexity index is 623. The fourth-order valence-corrected chi connectivity index (χ4v) is 2.00. The minimum atomic E-state index is -3.90. The van der Waals surface area contributed by atoms with Crippen LogP contribution in [0.15, 0.2) is 18.2 Å². The van der Waals surface area contributed by atoms with Crippen LogP contribution < -0.4 is 4.72 Å². The third-order valence-electron chi connectivity index (χ3n) is 2.05. The van der Waals surface area contributed by atoms with Crippen molar-refractivity contribution in [3.63, 3.8) is 0 Å². The van der Waals surface area contributed by atoms with Crippen molar-refractivity contribution in [2.24, 2.45) is 0 Å². The van der Waals surface area contributed by atoms with Gasteiger partial charge < -0.3 is 0 Å². The summed E-state index contributed by atoms with van der Waals surface area (Å²) in [5, 5.41) is 17.8. The van der Waals surface area contributed by atoms with Crippen LogP contribution in [0.4, 0.5) is 11.4 Å². The molecule has 1 aromatic carbocycles. The van der Waals surface area contributed by atoms with Gasteiger partial charge in [-0.3, -0.25) is 14.8 Å². The summed E-state index contributed by atoms with van der Waals surface area (Å²) in [6.07, 6.45) is 0. The van der Waals surface area contributed by atoms with Crippen molar-refractivity contribution >= 4 is 33.0 Å². The van der Waals surface area contributed by atoms with Gasteiger partial charge in [-0.05, 0) is 19.1 Å².